The van der Waals surface area contributed by atoms with E-state index in [1.54, 1.807) is 0 Å². The van der Waals surface area contributed by atoms with Crippen molar-refractivity contribution in [3.05, 3.63) is 59.8 Å². The van der Waals surface area contributed by atoms with E-state index in [-0.39, 0.29) is 18.8 Å². The first-order valence-corrected chi connectivity index (χ1v) is 9.00. The van der Waals surface area contributed by atoms with Gasteiger partial charge in [0.1, 0.15) is 5.69 Å². The lowest BCUT2D eigenvalue weighted by molar-refractivity contribution is 0.0687. The fraction of sp³-hybridized carbons (Fsp3) is 0.211. The smallest absolute Gasteiger partial charge is 0.353 e. The van der Waals surface area contributed by atoms with Crippen molar-refractivity contribution in [1.82, 2.24) is 10.3 Å². The predicted octanol–water partition coefficient (Wildman–Crippen LogP) is 2.46. The zero-order valence-corrected chi connectivity index (χ0v) is 14.8. The number of rotatable bonds is 8. The van der Waals surface area contributed by atoms with E-state index in [0.717, 1.165) is 21.4 Å². The van der Waals surface area contributed by atoms with Crippen LogP contribution in [-0.2, 0) is 6.54 Å². The number of hydrogen-bond acceptors (Lipinski definition) is 5. The lowest BCUT2D eigenvalue weighted by Crippen LogP contribution is -2.28. The average Bonchev–Trinajstić information content (AvgIpc) is 3.00. The summed E-state index contributed by atoms with van der Waals surface area (Å²) in [6, 6.07) is 15.3. The fourth-order valence-corrected chi connectivity index (χ4v) is 3.68. The number of aromatic nitrogens is 1. The summed E-state index contributed by atoms with van der Waals surface area (Å²) in [4.78, 5) is 16.3. The Morgan fingerprint density at radius 3 is 2.65 bits per heavy atom. The van der Waals surface area contributed by atoms with Gasteiger partial charge in [-0.25, -0.2) is 4.79 Å². The molecule has 136 valence electrons. The summed E-state index contributed by atoms with van der Waals surface area (Å²) in [5.41, 5.74) is 1.91. The van der Waals surface area contributed by atoms with Gasteiger partial charge < -0.3 is 25.6 Å². The lowest BCUT2D eigenvalue weighted by Gasteiger charge is -2.09. The summed E-state index contributed by atoms with van der Waals surface area (Å²) in [6.07, 6.45) is -0.797. The van der Waals surface area contributed by atoms with Crippen LogP contribution in [-0.4, -0.2) is 45.5 Å². The van der Waals surface area contributed by atoms with E-state index in [1.807, 2.05) is 48.5 Å². The molecule has 2 aromatic carbocycles. The monoisotopic (exact) mass is 372 g/mol. The molecule has 3 aromatic rings. The molecule has 0 fully saturated rings. The number of fused-ring (bicyclic) bond motifs is 1. The number of aromatic carboxylic acids is 1. The van der Waals surface area contributed by atoms with Crippen molar-refractivity contribution in [3.63, 3.8) is 0 Å². The topological polar surface area (TPSA) is 106 Å². The van der Waals surface area contributed by atoms with Gasteiger partial charge in [0.05, 0.1) is 17.6 Å². The van der Waals surface area contributed by atoms with Crippen molar-refractivity contribution >= 4 is 28.6 Å². The summed E-state index contributed by atoms with van der Waals surface area (Å²) in [5, 5.41) is 31.7. The molecule has 1 atom stereocenters. The van der Waals surface area contributed by atoms with Crippen molar-refractivity contribution in [1.29, 1.82) is 0 Å². The van der Waals surface area contributed by atoms with Crippen LogP contribution in [0.1, 0.15) is 16.1 Å². The summed E-state index contributed by atoms with van der Waals surface area (Å²) in [5.74, 6) is -0.995. The zero-order chi connectivity index (χ0) is 18.5. The second kappa shape index (κ2) is 8.37. The number of hydrogen-bond donors (Lipinski definition) is 5. The molecule has 0 aliphatic heterocycles. The van der Waals surface area contributed by atoms with E-state index in [9.17, 15) is 15.0 Å². The molecule has 1 aromatic heterocycles. The number of nitrogens with one attached hydrogen (secondary N) is 2. The van der Waals surface area contributed by atoms with Crippen LogP contribution in [0.5, 0.6) is 0 Å². The minimum absolute atomic E-state index is 0.176. The van der Waals surface area contributed by atoms with Crippen LogP contribution in [0.2, 0.25) is 0 Å². The molecular weight excluding hydrogens is 352 g/mol. The highest BCUT2D eigenvalue weighted by Gasteiger charge is 2.18. The molecule has 5 N–H and O–H groups in total. The first-order valence-electron chi connectivity index (χ1n) is 8.19. The van der Waals surface area contributed by atoms with E-state index < -0.39 is 12.1 Å². The predicted molar refractivity (Wildman–Crippen MR) is 101 cm³/mol. The van der Waals surface area contributed by atoms with Crippen LogP contribution in [0.4, 0.5) is 0 Å². The van der Waals surface area contributed by atoms with Crippen molar-refractivity contribution in [3.8, 4) is 0 Å². The molecule has 26 heavy (non-hydrogen) atoms. The quantitative estimate of drug-likeness (QED) is 0.416. The maximum atomic E-state index is 11.6. The lowest BCUT2D eigenvalue weighted by atomic mass is 10.1. The van der Waals surface area contributed by atoms with E-state index in [2.05, 4.69) is 10.3 Å². The van der Waals surface area contributed by atoms with Gasteiger partial charge in [0.25, 0.3) is 0 Å². The Bertz CT molecular complexity index is 895. The number of carboxylic acids is 1. The Labute approximate surface area is 154 Å². The molecule has 3 rings (SSSR count). The summed E-state index contributed by atoms with van der Waals surface area (Å²) >= 11 is 1.41. The Balaban J connectivity index is 1.91. The van der Waals surface area contributed by atoms with Gasteiger partial charge in [-0.2, -0.15) is 0 Å². The van der Waals surface area contributed by atoms with Crippen molar-refractivity contribution in [2.45, 2.75) is 22.4 Å². The number of benzene rings is 2. The molecule has 0 saturated heterocycles. The minimum Gasteiger partial charge on any atom is -0.477 e. The normalized spacial score (nSPS) is 12.4. The van der Waals surface area contributed by atoms with Crippen molar-refractivity contribution < 1.29 is 20.1 Å². The number of aliphatic hydroxyl groups excluding tert-OH is 2. The van der Waals surface area contributed by atoms with E-state index in [1.165, 1.54) is 11.8 Å². The number of aromatic amines is 1. The third kappa shape index (κ3) is 4.25. The highest BCUT2D eigenvalue weighted by molar-refractivity contribution is 7.99. The second-order valence-electron chi connectivity index (χ2n) is 5.90. The molecule has 1 unspecified atom stereocenters. The zero-order valence-electron chi connectivity index (χ0n) is 14.0. The second-order valence-corrected chi connectivity index (χ2v) is 6.98. The molecule has 7 heteroatoms. The highest BCUT2D eigenvalue weighted by Crippen LogP contribution is 2.37. The molecule has 0 spiro atoms. The van der Waals surface area contributed by atoms with Crippen molar-refractivity contribution in [2.24, 2.45) is 0 Å². The first-order chi connectivity index (χ1) is 12.6. The van der Waals surface area contributed by atoms with Crippen LogP contribution in [0.3, 0.4) is 0 Å². The molecule has 0 amide bonds. The van der Waals surface area contributed by atoms with Crippen LogP contribution in [0, 0.1) is 0 Å². The molecule has 0 aliphatic carbocycles. The van der Waals surface area contributed by atoms with Gasteiger partial charge in [0.2, 0.25) is 0 Å². The van der Waals surface area contributed by atoms with Crippen LogP contribution >= 0.6 is 11.8 Å². The van der Waals surface area contributed by atoms with Gasteiger partial charge in [-0.3, -0.25) is 0 Å². The Morgan fingerprint density at radius 2 is 1.96 bits per heavy atom. The largest absolute Gasteiger partial charge is 0.477 e. The van der Waals surface area contributed by atoms with Gasteiger partial charge in [-0.05, 0) is 29.8 Å². The molecule has 0 saturated carbocycles. The van der Waals surface area contributed by atoms with Gasteiger partial charge in [-0.15, -0.1) is 0 Å². The average molecular weight is 372 g/mol. The fourth-order valence-electron chi connectivity index (χ4n) is 2.63. The maximum Gasteiger partial charge on any atom is 0.353 e. The Morgan fingerprint density at radius 1 is 1.19 bits per heavy atom. The number of carboxylic acid groups (broad SMARTS) is 1. The maximum absolute atomic E-state index is 11.6. The summed E-state index contributed by atoms with van der Waals surface area (Å²) < 4.78 is 0. The van der Waals surface area contributed by atoms with Crippen LogP contribution in [0.25, 0.3) is 10.9 Å². The SMILES string of the molecule is O=C(O)c1[nH]c2ccc(CNCC(O)CO)cc2c1Sc1ccccc1. The van der Waals surface area contributed by atoms with Crippen LogP contribution in [0.15, 0.2) is 58.3 Å². The summed E-state index contributed by atoms with van der Waals surface area (Å²) in [7, 11) is 0. The number of aliphatic hydroxyl groups is 2. The van der Waals surface area contributed by atoms with E-state index in [4.69, 9.17) is 5.11 Å². The van der Waals surface area contributed by atoms with Gasteiger partial charge in [0, 0.05) is 28.9 Å². The standard InChI is InChI=1S/C19H20N2O4S/c22-11-13(23)10-20-9-12-6-7-16-15(8-12)18(17(21-16)19(24)25)26-14-4-2-1-3-5-14/h1-8,13,20-23H,9-11H2,(H,24,25). The third-order valence-electron chi connectivity index (χ3n) is 3.91. The summed E-state index contributed by atoms with van der Waals surface area (Å²) in [6.45, 7) is 0.507. The molecular formula is C19H20N2O4S. The van der Waals surface area contributed by atoms with Crippen LogP contribution < -0.4 is 5.32 Å². The number of carbonyl (C=O) groups is 1. The molecule has 6 nitrogen and oxygen atoms in total. The molecule has 0 radical (unpaired) electrons. The first kappa shape index (κ1) is 18.5. The highest BCUT2D eigenvalue weighted by atomic mass is 32.2. The number of H-pyrrole nitrogens is 1. The van der Waals surface area contributed by atoms with Gasteiger partial charge in [-0.1, -0.05) is 36.0 Å². The Kier molecular flexibility index (Phi) is 5.95. The van der Waals surface area contributed by atoms with Crippen molar-refractivity contribution in [2.75, 3.05) is 13.2 Å². The minimum atomic E-state index is -0.995. The molecule has 0 aliphatic rings. The molecule has 1 heterocycles. The van der Waals surface area contributed by atoms with E-state index in [0.29, 0.717) is 11.4 Å². The molecule has 0 bridgehead atoms. The Hall–Kier alpha value is -2.32. The van der Waals surface area contributed by atoms with Gasteiger partial charge in [0.15, 0.2) is 0 Å². The third-order valence-corrected chi connectivity index (χ3v) is 5.05. The van der Waals surface area contributed by atoms with E-state index >= 15 is 0 Å². The van der Waals surface area contributed by atoms with Gasteiger partial charge >= 0.3 is 5.97 Å².